The number of hydrogen-bond acceptors (Lipinski definition) is 2. The van der Waals surface area contributed by atoms with Gasteiger partial charge in [-0.1, -0.05) is 0 Å². The minimum atomic E-state index is -0.884. The van der Waals surface area contributed by atoms with Gasteiger partial charge in [0.2, 0.25) is 0 Å². The fourth-order valence-corrected chi connectivity index (χ4v) is 2.10. The maximum absolute atomic E-state index is 13.2. The Morgan fingerprint density at radius 1 is 1.17 bits per heavy atom. The van der Waals surface area contributed by atoms with Gasteiger partial charge in [0, 0.05) is 11.3 Å². The van der Waals surface area contributed by atoms with E-state index < -0.39 is 11.6 Å². The van der Waals surface area contributed by atoms with E-state index in [1.807, 2.05) is 6.92 Å². The van der Waals surface area contributed by atoms with Crippen LogP contribution in [0.2, 0.25) is 0 Å². The number of anilines is 1. The van der Waals surface area contributed by atoms with Gasteiger partial charge in [-0.25, -0.2) is 8.78 Å². The van der Waals surface area contributed by atoms with Crippen LogP contribution in [-0.2, 0) is 4.79 Å². The van der Waals surface area contributed by atoms with E-state index in [-0.39, 0.29) is 18.5 Å². The summed E-state index contributed by atoms with van der Waals surface area (Å²) in [6.07, 6.45) is 0. The van der Waals surface area contributed by atoms with Gasteiger partial charge in [-0.3, -0.25) is 4.79 Å². The van der Waals surface area contributed by atoms with Gasteiger partial charge in [0.1, 0.15) is 11.8 Å². The van der Waals surface area contributed by atoms with Crippen molar-refractivity contribution < 1.29 is 23.6 Å². The van der Waals surface area contributed by atoms with Gasteiger partial charge in [0.05, 0.1) is 7.11 Å². The van der Waals surface area contributed by atoms with Crippen molar-refractivity contribution in [1.29, 1.82) is 0 Å². The number of benzene rings is 2. The Hall–Kier alpha value is -2.47. The zero-order valence-corrected chi connectivity index (χ0v) is 13.0. The van der Waals surface area contributed by atoms with E-state index >= 15 is 0 Å². The molecule has 6 heteroatoms. The Kier molecular flexibility index (Phi) is 5.65. The van der Waals surface area contributed by atoms with Crippen LogP contribution in [0.15, 0.2) is 42.5 Å². The zero-order chi connectivity index (χ0) is 16.8. The SMILES string of the molecule is COc1ccc(NC(=O)C[NH2+][C@@H](C)c2ccc(F)c(F)c2)cc1. The molecular weight excluding hydrogens is 302 g/mol. The van der Waals surface area contributed by atoms with Gasteiger partial charge >= 0.3 is 0 Å². The molecular formula is C17H19F2N2O2+. The number of hydrogen-bond donors (Lipinski definition) is 2. The Bertz CT molecular complexity index is 675. The third-order valence-electron chi connectivity index (χ3n) is 3.50. The largest absolute Gasteiger partial charge is 0.497 e. The van der Waals surface area contributed by atoms with E-state index in [4.69, 9.17) is 4.74 Å². The molecule has 0 aliphatic heterocycles. The van der Waals surface area contributed by atoms with Gasteiger partial charge in [-0.05, 0) is 49.4 Å². The van der Waals surface area contributed by atoms with Gasteiger partial charge in [-0.15, -0.1) is 0 Å². The Balaban J connectivity index is 1.86. The number of quaternary nitrogens is 1. The molecule has 0 heterocycles. The monoisotopic (exact) mass is 321 g/mol. The Morgan fingerprint density at radius 2 is 1.87 bits per heavy atom. The maximum atomic E-state index is 13.2. The van der Waals surface area contributed by atoms with Gasteiger partial charge in [0.25, 0.3) is 5.91 Å². The molecule has 2 aromatic carbocycles. The predicted molar refractivity (Wildman–Crippen MR) is 83.2 cm³/mol. The van der Waals surface area contributed by atoms with Crippen molar-refractivity contribution in [3.63, 3.8) is 0 Å². The van der Waals surface area contributed by atoms with E-state index in [1.165, 1.54) is 6.07 Å². The molecule has 23 heavy (non-hydrogen) atoms. The molecule has 0 spiro atoms. The zero-order valence-electron chi connectivity index (χ0n) is 13.0. The first-order chi connectivity index (χ1) is 11.0. The summed E-state index contributed by atoms with van der Waals surface area (Å²) in [6, 6.07) is 10.6. The molecule has 0 saturated carbocycles. The first-order valence-electron chi connectivity index (χ1n) is 7.22. The predicted octanol–water partition coefficient (Wildman–Crippen LogP) is 2.24. The highest BCUT2D eigenvalue weighted by Crippen LogP contribution is 2.15. The van der Waals surface area contributed by atoms with Gasteiger partial charge < -0.3 is 15.4 Å². The molecule has 0 aliphatic rings. The highest BCUT2D eigenvalue weighted by molar-refractivity contribution is 5.91. The number of amides is 1. The van der Waals surface area contributed by atoms with Crippen LogP contribution in [0.1, 0.15) is 18.5 Å². The summed E-state index contributed by atoms with van der Waals surface area (Å²) in [5, 5.41) is 4.52. The summed E-state index contributed by atoms with van der Waals surface area (Å²) in [5.74, 6) is -1.23. The summed E-state index contributed by atoms with van der Waals surface area (Å²) in [4.78, 5) is 11.9. The summed E-state index contributed by atoms with van der Waals surface area (Å²) >= 11 is 0. The quantitative estimate of drug-likeness (QED) is 0.857. The third kappa shape index (κ3) is 4.75. The molecule has 1 atom stereocenters. The third-order valence-corrected chi connectivity index (χ3v) is 3.50. The molecule has 0 radical (unpaired) electrons. The fourth-order valence-electron chi connectivity index (χ4n) is 2.10. The number of carbonyl (C=O) groups is 1. The number of nitrogens with two attached hydrogens (primary N) is 1. The first kappa shape index (κ1) is 16.9. The first-order valence-corrected chi connectivity index (χ1v) is 7.22. The number of rotatable bonds is 6. The summed E-state index contributed by atoms with van der Waals surface area (Å²) in [5.41, 5.74) is 1.30. The lowest BCUT2D eigenvalue weighted by Crippen LogP contribution is -2.86. The van der Waals surface area contributed by atoms with E-state index in [0.717, 1.165) is 12.1 Å². The van der Waals surface area contributed by atoms with Crippen molar-refractivity contribution in [3.8, 4) is 5.75 Å². The molecule has 0 fully saturated rings. The minimum Gasteiger partial charge on any atom is -0.497 e. The summed E-state index contributed by atoms with van der Waals surface area (Å²) < 4.78 is 31.2. The van der Waals surface area contributed by atoms with Crippen molar-refractivity contribution in [2.45, 2.75) is 13.0 Å². The Labute approximate surface area is 133 Å². The van der Waals surface area contributed by atoms with Gasteiger partial charge in [0.15, 0.2) is 18.2 Å². The standard InChI is InChI=1S/C17H18F2N2O2/c1-11(12-3-8-15(18)16(19)9-12)20-10-17(22)21-13-4-6-14(23-2)7-5-13/h3-9,11,20H,10H2,1-2H3,(H,21,22)/p+1/t11-/m0/s1. The number of ether oxygens (including phenoxy) is 1. The molecule has 2 rings (SSSR count). The van der Waals surface area contributed by atoms with Crippen LogP contribution in [-0.4, -0.2) is 19.6 Å². The van der Waals surface area contributed by atoms with Crippen LogP contribution < -0.4 is 15.4 Å². The number of nitrogens with one attached hydrogen (secondary N) is 1. The topological polar surface area (TPSA) is 54.9 Å². The second-order valence-corrected chi connectivity index (χ2v) is 5.18. The van der Waals surface area contributed by atoms with Crippen LogP contribution in [0.25, 0.3) is 0 Å². The normalized spacial score (nSPS) is 11.8. The lowest BCUT2D eigenvalue weighted by atomic mass is 10.1. The molecule has 122 valence electrons. The van der Waals surface area contributed by atoms with E-state index in [9.17, 15) is 13.6 Å². The molecule has 2 aromatic rings. The van der Waals surface area contributed by atoms with Crippen LogP contribution in [0.5, 0.6) is 5.75 Å². The van der Waals surface area contributed by atoms with Crippen LogP contribution in [0, 0.1) is 11.6 Å². The molecule has 4 nitrogen and oxygen atoms in total. The highest BCUT2D eigenvalue weighted by Gasteiger charge is 2.14. The summed E-state index contributed by atoms with van der Waals surface area (Å²) in [7, 11) is 1.57. The fraction of sp³-hybridized carbons (Fsp3) is 0.235. The highest BCUT2D eigenvalue weighted by atomic mass is 19.2. The summed E-state index contributed by atoms with van der Waals surface area (Å²) in [6.45, 7) is 2.00. The van der Waals surface area contributed by atoms with E-state index in [1.54, 1.807) is 36.7 Å². The second-order valence-electron chi connectivity index (χ2n) is 5.18. The van der Waals surface area contributed by atoms with Crippen molar-refractivity contribution in [1.82, 2.24) is 0 Å². The Morgan fingerprint density at radius 3 is 2.48 bits per heavy atom. The van der Waals surface area contributed by atoms with Crippen molar-refractivity contribution in [2.75, 3.05) is 19.0 Å². The van der Waals surface area contributed by atoms with Crippen molar-refractivity contribution >= 4 is 11.6 Å². The molecule has 0 aliphatic carbocycles. The van der Waals surface area contributed by atoms with Gasteiger partial charge in [-0.2, -0.15) is 0 Å². The van der Waals surface area contributed by atoms with Crippen molar-refractivity contribution in [3.05, 3.63) is 59.7 Å². The second kappa shape index (κ2) is 7.69. The van der Waals surface area contributed by atoms with E-state index in [2.05, 4.69) is 5.32 Å². The van der Waals surface area contributed by atoms with Crippen LogP contribution in [0.4, 0.5) is 14.5 Å². The molecule has 0 aromatic heterocycles. The van der Waals surface area contributed by atoms with Crippen LogP contribution in [0.3, 0.4) is 0 Å². The van der Waals surface area contributed by atoms with Crippen LogP contribution >= 0.6 is 0 Å². The molecule has 0 bridgehead atoms. The number of halogens is 2. The maximum Gasteiger partial charge on any atom is 0.279 e. The number of methoxy groups -OCH3 is 1. The average molecular weight is 321 g/mol. The lowest BCUT2D eigenvalue weighted by Gasteiger charge is -2.11. The molecule has 3 N–H and O–H groups in total. The lowest BCUT2D eigenvalue weighted by molar-refractivity contribution is -0.682. The average Bonchev–Trinajstić information content (AvgIpc) is 2.56. The molecule has 0 unspecified atom stereocenters. The van der Waals surface area contributed by atoms with Crippen molar-refractivity contribution in [2.24, 2.45) is 0 Å². The van der Waals surface area contributed by atoms with E-state index in [0.29, 0.717) is 17.0 Å². The smallest absolute Gasteiger partial charge is 0.279 e. The molecule has 0 saturated heterocycles. The number of carbonyl (C=O) groups excluding carboxylic acids is 1. The minimum absolute atomic E-state index is 0.160. The molecule has 1 amide bonds.